The van der Waals surface area contributed by atoms with Crippen LogP contribution in [0.1, 0.15) is 33.1 Å². The van der Waals surface area contributed by atoms with Crippen molar-refractivity contribution in [2.75, 3.05) is 13.1 Å². The molecule has 0 aromatic carbocycles. The first-order chi connectivity index (χ1) is 5.22. The summed E-state index contributed by atoms with van der Waals surface area (Å²) < 4.78 is 0. The molecular weight excluding hydrogens is 150 g/mol. The summed E-state index contributed by atoms with van der Waals surface area (Å²) in [6.45, 7) is 7.09. The molecule has 1 nitrogen and oxygen atoms in total. The van der Waals surface area contributed by atoms with Crippen molar-refractivity contribution in [3.05, 3.63) is 10.9 Å². The van der Waals surface area contributed by atoms with Crippen LogP contribution in [0.3, 0.4) is 0 Å². The summed E-state index contributed by atoms with van der Waals surface area (Å²) in [7, 11) is 1.22. The number of nitrogens with zero attached hydrogens (tertiary/aromatic N) is 1. The molecule has 0 atom stereocenters. The fraction of sp³-hybridized carbons (Fsp3) is 0.778. The molecule has 0 aromatic heterocycles. The second-order valence-corrected chi connectivity index (χ2v) is 4.58. The SMILES string of the molecule is CC(C)=C([SiH3])N1CCCCC1. The summed E-state index contributed by atoms with van der Waals surface area (Å²) in [5.41, 5.74) is 1.53. The lowest BCUT2D eigenvalue weighted by Crippen LogP contribution is -2.29. The van der Waals surface area contributed by atoms with Gasteiger partial charge in [-0.3, -0.25) is 0 Å². The normalized spacial score (nSPS) is 18.5. The molecule has 0 amide bonds. The van der Waals surface area contributed by atoms with Crippen LogP contribution >= 0.6 is 0 Å². The van der Waals surface area contributed by atoms with Gasteiger partial charge in [0.15, 0.2) is 0 Å². The van der Waals surface area contributed by atoms with Crippen LogP contribution in [0.15, 0.2) is 10.9 Å². The average Bonchev–Trinajstić information content (AvgIpc) is 2.05. The fourth-order valence-corrected chi connectivity index (χ4v) is 1.99. The van der Waals surface area contributed by atoms with Gasteiger partial charge in [0.25, 0.3) is 0 Å². The minimum absolute atomic E-state index is 1.22. The van der Waals surface area contributed by atoms with E-state index in [1.807, 2.05) is 0 Å². The molecule has 2 heteroatoms. The highest BCUT2D eigenvalue weighted by molar-refractivity contribution is 6.21. The Morgan fingerprint density at radius 1 is 1.09 bits per heavy atom. The van der Waals surface area contributed by atoms with Gasteiger partial charge in [0, 0.05) is 13.1 Å². The van der Waals surface area contributed by atoms with Crippen molar-refractivity contribution in [3.8, 4) is 0 Å². The molecule has 1 rings (SSSR count). The molecule has 11 heavy (non-hydrogen) atoms. The minimum atomic E-state index is 1.22. The topological polar surface area (TPSA) is 3.24 Å². The van der Waals surface area contributed by atoms with E-state index in [0.717, 1.165) is 0 Å². The predicted molar refractivity (Wildman–Crippen MR) is 53.7 cm³/mol. The van der Waals surface area contributed by atoms with E-state index in [1.165, 1.54) is 48.2 Å². The third-order valence-electron chi connectivity index (χ3n) is 2.55. The lowest BCUT2D eigenvalue weighted by atomic mass is 10.1. The molecule has 0 aromatic rings. The first-order valence-corrected chi connectivity index (χ1v) is 5.61. The lowest BCUT2D eigenvalue weighted by Gasteiger charge is -2.30. The number of piperidine rings is 1. The summed E-state index contributed by atoms with van der Waals surface area (Å²) in [4.78, 5) is 2.57. The molecule has 0 radical (unpaired) electrons. The van der Waals surface area contributed by atoms with E-state index in [4.69, 9.17) is 0 Å². The highest BCUT2D eigenvalue weighted by Gasteiger charge is 2.09. The fourth-order valence-electron chi connectivity index (χ4n) is 1.55. The summed E-state index contributed by atoms with van der Waals surface area (Å²) in [6, 6.07) is 0. The van der Waals surface area contributed by atoms with Crippen LogP contribution in [0.25, 0.3) is 0 Å². The Balaban J connectivity index is 2.52. The maximum Gasteiger partial charge on any atom is 0.0589 e. The van der Waals surface area contributed by atoms with Crippen molar-refractivity contribution in [1.82, 2.24) is 4.90 Å². The van der Waals surface area contributed by atoms with Crippen LogP contribution in [0, 0.1) is 0 Å². The summed E-state index contributed by atoms with van der Waals surface area (Å²) in [5, 5.41) is 1.63. The van der Waals surface area contributed by atoms with Gasteiger partial charge in [0.1, 0.15) is 0 Å². The molecule has 0 bridgehead atoms. The molecule has 1 aliphatic heterocycles. The molecule has 64 valence electrons. The van der Waals surface area contributed by atoms with Crippen LogP contribution in [0.2, 0.25) is 0 Å². The van der Waals surface area contributed by atoms with Crippen molar-refractivity contribution in [2.45, 2.75) is 33.1 Å². The second kappa shape index (κ2) is 3.95. The Morgan fingerprint density at radius 3 is 2.09 bits per heavy atom. The van der Waals surface area contributed by atoms with Gasteiger partial charge in [0.2, 0.25) is 0 Å². The first kappa shape index (κ1) is 8.85. The Labute approximate surface area is 72.9 Å². The highest BCUT2D eigenvalue weighted by atomic mass is 28.1. The largest absolute Gasteiger partial charge is 0.379 e. The molecule has 1 aliphatic rings. The smallest absolute Gasteiger partial charge is 0.0589 e. The predicted octanol–water partition coefficient (Wildman–Crippen LogP) is 1.09. The summed E-state index contributed by atoms with van der Waals surface area (Å²) >= 11 is 0. The van der Waals surface area contributed by atoms with E-state index in [-0.39, 0.29) is 0 Å². The molecule has 0 saturated carbocycles. The Morgan fingerprint density at radius 2 is 1.64 bits per heavy atom. The number of hydrogen-bond donors (Lipinski definition) is 0. The Bertz CT molecular complexity index is 153. The summed E-state index contributed by atoms with van der Waals surface area (Å²) in [6.07, 6.45) is 4.24. The highest BCUT2D eigenvalue weighted by Crippen LogP contribution is 2.14. The van der Waals surface area contributed by atoms with E-state index in [2.05, 4.69) is 18.7 Å². The molecule has 0 spiro atoms. The molecule has 1 fully saturated rings. The Hall–Kier alpha value is -0.243. The maximum atomic E-state index is 2.57. The van der Waals surface area contributed by atoms with Gasteiger partial charge in [-0.2, -0.15) is 0 Å². The maximum absolute atomic E-state index is 2.57. The zero-order valence-corrected chi connectivity index (χ0v) is 9.98. The van der Waals surface area contributed by atoms with Gasteiger partial charge in [0.05, 0.1) is 10.2 Å². The van der Waals surface area contributed by atoms with E-state index >= 15 is 0 Å². The van der Waals surface area contributed by atoms with Crippen molar-refractivity contribution in [3.63, 3.8) is 0 Å². The molecule has 1 heterocycles. The van der Waals surface area contributed by atoms with Gasteiger partial charge < -0.3 is 4.90 Å². The quantitative estimate of drug-likeness (QED) is 0.531. The summed E-state index contributed by atoms with van der Waals surface area (Å²) in [5.74, 6) is 0. The van der Waals surface area contributed by atoms with Crippen LogP contribution in [0.5, 0.6) is 0 Å². The van der Waals surface area contributed by atoms with Crippen molar-refractivity contribution in [1.29, 1.82) is 0 Å². The zero-order valence-electron chi connectivity index (χ0n) is 7.98. The molecule has 0 unspecified atom stereocenters. The van der Waals surface area contributed by atoms with Crippen LogP contribution in [0.4, 0.5) is 0 Å². The van der Waals surface area contributed by atoms with Crippen molar-refractivity contribution in [2.24, 2.45) is 0 Å². The molecule has 0 N–H and O–H groups in total. The second-order valence-electron chi connectivity index (χ2n) is 3.63. The van der Waals surface area contributed by atoms with Gasteiger partial charge >= 0.3 is 0 Å². The number of allylic oxidation sites excluding steroid dienone is 1. The molecule has 0 aliphatic carbocycles. The minimum Gasteiger partial charge on any atom is -0.379 e. The van der Waals surface area contributed by atoms with Crippen LogP contribution in [-0.4, -0.2) is 28.2 Å². The van der Waals surface area contributed by atoms with Gasteiger partial charge in [-0.15, -0.1) is 0 Å². The average molecular weight is 169 g/mol. The van der Waals surface area contributed by atoms with E-state index in [9.17, 15) is 0 Å². The van der Waals surface area contributed by atoms with Crippen LogP contribution < -0.4 is 0 Å². The van der Waals surface area contributed by atoms with Gasteiger partial charge in [-0.05, 0) is 38.4 Å². The first-order valence-electron chi connectivity index (χ1n) is 4.61. The zero-order chi connectivity index (χ0) is 8.27. The molecular formula is C9H19NSi. The third-order valence-corrected chi connectivity index (χ3v) is 4.19. The Kier molecular flexibility index (Phi) is 3.18. The van der Waals surface area contributed by atoms with Crippen molar-refractivity contribution >= 4 is 10.2 Å². The third kappa shape index (κ3) is 2.36. The van der Waals surface area contributed by atoms with Crippen molar-refractivity contribution < 1.29 is 0 Å². The standard InChI is InChI=1S/C9H19NSi/c1-8(2)9(11)10-6-4-3-5-7-10/h3-7H2,1-2,11H3. The van der Waals surface area contributed by atoms with Gasteiger partial charge in [-0.1, -0.05) is 5.57 Å². The van der Waals surface area contributed by atoms with E-state index in [0.29, 0.717) is 0 Å². The number of rotatable bonds is 1. The van der Waals surface area contributed by atoms with Gasteiger partial charge in [-0.25, -0.2) is 0 Å². The van der Waals surface area contributed by atoms with E-state index < -0.39 is 0 Å². The lowest BCUT2D eigenvalue weighted by molar-refractivity contribution is 0.298. The molecule has 1 saturated heterocycles. The monoisotopic (exact) mass is 169 g/mol. The number of hydrogen-bond acceptors (Lipinski definition) is 1. The van der Waals surface area contributed by atoms with Crippen LogP contribution in [-0.2, 0) is 0 Å². The number of likely N-dealkylation sites (tertiary alicyclic amines) is 1. The van der Waals surface area contributed by atoms with E-state index in [1.54, 1.807) is 5.32 Å².